The molecule has 34 heavy (non-hydrogen) atoms. The van der Waals surface area contributed by atoms with Crippen LogP contribution in [-0.4, -0.2) is 40.5 Å². The van der Waals surface area contributed by atoms with Gasteiger partial charge in [-0.3, -0.25) is 4.79 Å². The van der Waals surface area contributed by atoms with Gasteiger partial charge in [0.05, 0.1) is 22.6 Å². The van der Waals surface area contributed by atoms with Crippen molar-refractivity contribution in [3.05, 3.63) is 59.4 Å². The minimum absolute atomic E-state index is 0.214. The summed E-state index contributed by atoms with van der Waals surface area (Å²) in [5.74, 6) is -0.931. The summed E-state index contributed by atoms with van der Waals surface area (Å²) in [5.41, 5.74) is 15.7. The Kier molecular flexibility index (Phi) is 5.87. The topological polar surface area (TPSA) is 114 Å². The zero-order valence-corrected chi connectivity index (χ0v) is 19.2. The third kappa shape index (κ3) is 4.43. The molecule has 1 saturated carbocycles. The molecule has 0 spiro atoms. The van der Waals surface area contributed by atoms with E-state index in [9.17, 15) is 9.18 Å². The van der Waals surface area contributed by atoms with Gasteiger partial charge in [0, 0.05) is 54.9 Å². The van der Waals surface area contributed by atoms with Crippen molar-refractivity contribution in [1.82, 2.24) is 14.7 Å². The maximum absolute atomic E-state index is 14.4. The van der Waals surface area contributed by atoms with Gasteiger partial charge in [-0.15, -0.1) is 0 Å². The van der Waals surface area contributed by atoms with E-state index in [0.29, 0.717) is 34.7 Å². The summed E-state index contributed by atoms with van der Waals surface area (Å²) in [6.45, 7) is 3.60. The van der Waals surface area contributed by atoms with E-state index in [1.165, 1.54) is 25.1 Å². The fourth-order valence-electron chi connectivity index (χ4n) is 4.69. The van der Waals surface area contributed by atoms with E-state index in [4.69, 9.17) is 11.5 Å². The second kappa shape index (κ2) is 8.98. The van der Waals surface area contributed by atoms with Crippen molar-refractivity contribution in [2.45, 2.75) is 44.7 Å². The van der Waals surface area contributed by atoms with Gasteiger partial charge in [-0.25, -0.2) is 9.37 Å². The average Bonchev–Trinajstić information content (AvgIpc) is 3.54. The molecule has 3 heterocycles. The number of pyridine rings is 1. The molecule has 2 fully saturated rings. The van der Waals surface area contributed by atoms with E-state index >= 15 is 0 Å². The van der Waals surface area contributed by atoms with Crippen molar-refractivity contribution >= 4 is 34.7 Å². The van der Waals surface area contributed by atoms with Gasteiger partial charge in [0.15, 0.2) is 11.5 Å². The molecule has 0 unspecified atom stereocenters. The summed E-state index contributed by atoms with van der Waals surface area (Å²) in [6, 6.07) is 6.14. The summed E-state index contributed by atoms with van der Waals surface area (Å²) in [5, 5.41) is 6.46. The summed E-state index contributed by atoms with van der Waals surface area (Å²) < 4.78 is 16.0. The number of hydrogen-bond acceptors (Lipinski definition) is 6. The molecule has 1 aliphatic heterocycles. The lowest BCUT2D eigenvalue weighted by Gasteiger charge is -2.35. The van der Waals surface area contributed by atoms with E-state index < -0.39 is 11.7 Å². The number of nitrogens with two attached hydrogens (primary N) is 2. The third-order valence-corrected chi connectivity index (χ3v) is 6.54. The molecule has 0 atom stereocenters. The van der Waals surface area contributed by atoms with Gasteiger partial charge >= 0.3 is 0 Å². The summed E-state index contributed by atoms with van der Waals surface area (Å²) >= 11 is 0. The molecular weight excluding hydrogens is 433 g/mol. The number of nitrogens with zero attached hydrogens (tertiary/aromatic N) is 3. The lowest BCUT2D eigenvalue weighted by atomic mass is 9.99. The molecule has 2 aromatic heterocycles. The predicted octanol–water partition coefficient (Wildman–Crippen LogP) is 3.27. The number of imidazole rings is 1. The van der Waals surface area contributed by atoms with Crippen LogP contribution in [0.5, 0.6) is 0 Å². The third-order valence-electron chi connectivity index (χ3n) is 6.54. The number of carbonyl (C=O) groups excluding carboxylic acids is 1. The average molecular weight is 464 g/mol. The Hall–Kier alpha value is -3.59. The zero-order chi connectivity index (χ0) is 23.8. The van der Waals surface area contributed by atoms with Gasteiger partial charge in [-0.1, -0.05) is 0 Å². The number of nitrogens with one attached hydrogen (secondary N) is 2. The molecule has 3 aromatic rings. The Balaban J connectivity index is 1.37. The Morgan fingerprint density at radius 2 is 1.91 bits per heavy atom. The SMILES string of the molecule is Cc1cn2cc(NC(=O)c3ccc(N4CCC(NC5CC5)CC4)c(/C=C\N)c3N)cc(F)c2n1. The number of piperidine rings is 1. The molecule has 6 N–H and O–H groups in total. The molecular formula is C25H30FN7O. The second-order valence-corrected chi connectivity index (χ2v) is 9.16. The number of carbonyl (C=O) groups is 1. The minimum atomic E-state index is -0.513. The normalized spacial score (nSPS) is 17.1. The van der Waals surface area contributed by atoms with Crippen molar-refractivity contribution < 1.29 is 9.18 Å². The molecule has 9 heteroatoms. The summed E-state index contributed by atoms with van der Waals surface area (Å²) in [7, 11) is 0. The Bertz CT molecular complexity index is 1260. The largest absolute Gasteiger partial charge is 0.405 e. The standard InChI is InChI=1S/C25H30FN7O/c1-15-13-33-14-18(12-21(26)24(33)29-15)31-25(34)20-4-5-22(19(6-9-27)23(20)28)32-10-7-17(8-11-32)30-16-2-3-16/h4-6,9,12-14,16-17,30H,2-3,7-8,10-11,27-28H2,1H3,(H,31,34)/b9-6-. The Labute approximate surface area is 197 Å². The van der Waals surface area contributed by atoms with Gasteiger partial charge in [0.25, 0.3) is 5.91 Å². The number of anilines is 3. The van der Waals surface area contributed by atoms with Crippen LogP contribution in [0.4, 0.5) is 21.5 Å². The first-order valence-electron chi connectivity index (χ1n) is 11.7. The number of halogens is 1. The molecule has 8 nitrogen and oxygen atoms in total. The van der Waals surface area contributed by atoms with Crippen molar-refractivity contribution in [3.63, 3.8) is 0 Å². The van der Waals surface area contributed by atoms with Gasteiger partial charge in [0.2, 0.25) is 0 Å². The van der Waals surface area contributed by atoms with Crippen LogP contribution in [0, 0.1) is 12.7 Å². The number of aromatic nitrogens is 2. The van der Waals surface area contributed by atoms with Crippen LogP contribution < -0.4 is 27.0 Å². The maximum Gasteiger partial charge on any atom is 0.257 e. The van der Waals surface area contributed by atoms with Crippen LogP contribution in [0.25, 0.3) is 11.7 Å². The first-order valence-corrected chi connectivity index (χ1v) is 11.7. The summed E-state index contributed by atoms with van der Waals surface area (Å²) in [4.78, 5) is 19.5. The predicted molar refractivity (Wildman–Crippen MR) is 133 cm³/mol. The summed E-state index contributed by atoms with van der Waals surface area (Å²) in [6.07, 6.45) is 11.2. The quantitative estimate of drug-likeness (QED) is 0.417. The number of fused-ring (bicyclic) bond motifs is 1. The fourth-order valence-corrected chi connectivity index (χ4v) is 4.69. The van der Waals surface area contributed by atoms with E-state index in [1.807, 2.05) is 6.07 Å². The van der Waals surface area contributed by atoms with Crippen molar-refractivity contribution in [2.24, 2.45) is 5.73 Å². The molecule has 0 radical (unpaired) electrons. The highest BCUT2D eigenvalue weighted by Crippen LogP contribution is 2.33. The molecule has 1 aliphatic carbocycles. The molecule has 0 bridgehead atoms. The van der Waals surface area contributed by atoms with Gasteiger partial charge in [0.1, 0.15) is 0 Å². The Morgan fingerprint density at radius 1 is 1.18 bits per heavy atom. The number of amides is 1. The molecule has 178 valence electrons. The maximum atomic E-state index is 14.4. The first-order chi connectivity index (χ1) is 16.4. The zero-order valence-electron chi connectivity index (χ0n) is 19.2. The first kappa shape index (κ1) is 22.2. The van der Waals surface area contributed by atoms with E-state index in [0.717, 1.165) is 37.2 Å². The Morgan fingerprint density at radius 3 is 2.62 bits per heavy atom. The van der Waals surface area contributed by atoms with Crippen LogP contribution >= 0.6 is 0 Å². The second-order valence-electron chi connectivity index (χ2n) is 9.16. The number of nitrogen functional groups attached to an aromatic ring is 1. The van der Waals surface area contributed by atoms with Crippen molar-refractivity contribution in [2.75, 3.05) is 29.0 Å². The van der Waals surface area contributed by atoms with Gasteiger partial charge in [-0.05, 0) is 57.0 Å². The van der Waals surface area contributed by atoms with Crippen molar-refractivity contribution in [3.8, 4) is 0 Å². The van der Waals surface area contributed by atoms with E-state index in [2.05, 4.69) is 20.5 Å². The highest BCUT2D eigenvalue weighted by Gasteiger charge is 2.28. The van der Waals surface area contributed by atoms with Gasteiger partial charge < -0.3 is 31.4 Å². The number of rotatable bonds is 6. The molecule has 5 rings (SSSR count). The lowest BCUT2D eigenvalue weighted by molar-refractivity contribution is 0.102. The van der Waals surface area contributed by atoms with Gasteiger partial charge in [-0.2, -0.15) is 0 Å². The van der Waals surface area contributed by atoms with Crippen LogP contribution in [0.3, 0.4) is 0 Å². The van der Waals surface area contributed by atoms with Crippen LogP contribution in [0.2, 0.25) is 0 Å². The molecule has 1 saturated heterocycles. The number of hydrogen-bond donors (Lipinski definition) is 4. The number of aryl methyl sites for hydroxylation is 1. The van der Waals surface area contributed by atoms with Crippen LogP contribution in [0.1, 0.15) is 47.3 Å². The molecule has 1 aromatic carbocycles. The minimum Gasteiger partial charge on any atom is -0.405 e. The molecule has 2 aliphatic rings. The highest BCUT2D eigenvalue weighted by molar-refractivity contribution is 6.09. The molecule has 1 amide bonds. The number of benzene rings is 1. The van der Waals surface area contributed by atoms with Crippen molar-refractivity contribution in [1.29, 1.82) is 0 Å². The monoisotopic (exact) mass is 463 g/mol. The highest BCUT2D eigenvalue weighted by atomic mass is 19.1. The smallest absolute Gasteiger partial charge is 0.257 e. The van der Waals surface area contributed by atoms with E-state index in [1.54, 1.807) is 35.9 Å². The van der Waals surface area contributed by atoms with Crippen LogP contribution in [-0.2, 0) is 0 Å². The van der Waals surface area contributed by atoms with Crippen LogP contribution in [0.15, 0.2) is 36.8 Å². The van der Waals surface area contributed by atoms with E-state index in [-0.39, 0.29) is 5.65 Å². The fraction of sp³-hybridized carbons (Fsp3) is 0.360. The lowest BCUT2D eigenvalue weighted by Crippen LogP contribution is -2.43.